The van der Waals surface area contributed by atoms with Crippen LogP contribution in [0.1, 0.15) is 37.8 Å². The molecule has 0 aliphatic carbocycles. The molecule has 29 heavy (non-hydrogen) atoms. The first-order chi connectivity index (χ1) is 14.2. The molecule has 0 aromatic carbocycles. The van der Waals surface area contributed by atoms with E-state index in [0.29, 0.717) is 30.4 Å². The van der Waals surface area contributed by atoms with Gasteiger partial charge in [0.15, 0.2) is 17.5 Å². The molecule has 9 heteroatoms. The molecule has 2 fully saturated rings. The predicted octanol–water partition coefficient (Wildman–Crippen LogP) is 2.83. The highest BCUT2D eigenvalue weighted by molar-refractivity contribution is 5.70. The van der Waals surface area contributed by atoms with Crippen LogP contribution in [0.2, 0.25) is 0 Å². The highest BCUT2D eigenvalue weighted by Gasteiger charge is 2.40. The third-order valence-electron chi connectivity index (χ3n) is 6.06. The first kappa shape index (κ1) is 17.9. The Labute approximate surface area is 169 Å². The highest BCUT2D eigenvalue weighted by atomic mass is 15.3. The minimum Gasteiger partial charge on any atom is -0.365 e. The fraction of sp³-hybridized carbons (Fsp3) is 0.500. The van der Waals surface area contributed by atoms with Gasteiger partial charge in [0.05, 0.1) is 18.5 Å². The lowest BCUT2D eigenvalue weighted by atomic mass is 9.97. The Balaban J connectivity index is 1.35. The number of H-pyrrole nitrogens is 1. The van der Waals surface area contributed by atoms with E-state index in [1.165, 1.54) is 12.8 Å². The zero-order valence-electron chi connectivity index (χ0n) is 16.5. The van der Waals surface area contributed by atoms with Crippen molar-refractivity contribution in [3.63, 3.8) is 0 Å². The Morgan fingerprint density at radius 2 is 2.10 bits per heavy atom. The summed E-state index contributed by atoms with van der Waals surface area (Å²) < 4.78 is 1.84. The van der Waals surface area contributed by atoms with E-state index in [9.17, 15) is 0 Å². The SMILES string of the molecule is Cc1cc(Nc2cn3nccc3c(N[C@@H]3C[C@H]4CC[C@@H](C3)N4CCC#N)n2)n[nH]1. The average molecular weight is 391 g/mol. The van der Waals surface area contributed by atoms with E-state index >= 15 is 0 Å². The number of hydrogen-bond donors (Lipinski definition) is 3. The number of rotatable bonds is 6. The number of piperidine rings is 1. The van der Waals surface area contributed by atoms with Crippen LogP contribution in [0.15, 0.2) is 24.5 Å². The summed E-state index contributed by atoms with van der Waals surface area (Å²) in [5.41, 5.74) is 1.96. The first-order valence-corrected chi connectivity index (χ1v) is 10.2. The molecule has 2 bridgehead atoms. The lowest BCUT2D eigenvalue weighted by Crippen LogP contribution is -2.47. The Morgan fingerprint density at radius 3 is 2.83 bits per heavy atom. The molecule has 2 aliphatic heterocycles. The molecule has 3 aromatic heterocycles. The molecule has 2 aliphatic rings. The average Bonchev–Trinajstić information content (AvgIpc) is 3.39. The van der Waals surface area contributed by atoms with Crippen molar-refractivity contribution in [1.29, 1.82) is 5.26 Å². The molecule has 0 radical (unpaired) electrons. The fourth-order valence-corrected chi connectivity index (χ4v) is 4.84. The van der Waals surface area contributed by atoms with Gasteiger partial charge >= 0.3 is 0 Å². The molecule has 3 N–H and O–H groups in total. The summed E-state index contributed by atoms with van der Waals surface area (Å²) >= 11 is 0. The molecule has 150 valence electrons. The lowest BCUT2D eigenvalue weighted by molar-refractivity contribution is 0.136. The van der Waals surface area contributed by atoms with Gasteiger partial charge in [0, 0.05) is 42.9 Å². The van der Waals surface area contributed by atoms with Crippen LogP contribution in [0, 0.1) is 18.3 Å². The minimum absolute atomic E-state index is 0.375. The van der Waals surface area contributed by atoms with Crippen molar-refractivity contribution in [2.45, 2.75) is 57.2 Å². The van der Waals surface area contributed by atoms with Crippen molar-refractivity contribution in [3.8, 4) is 6.07 Å². The monoisotopic (exact) mass is 391 g/mol. The number of aromatic nitrogens is 5. The highest BCUT2D eigenvalue weighted by Crippen LogP contribution is 2.37. The molecule has 3 aromatic rings. The topological polar surface area (TPSA) is 110 Å². The van der Waals surface area contributed by atoms with Crippen LogP contribution in [0.25, 0.3) is 5.52 Å². The van der Waals surface area contributed by atoms with E-state index in [2.05, 4.69) is 36.9 Å². The summed E-state index contributed by atoms with van der Waals surface area (Å²) in [7, 11) is 0. The minimum atomic E-state index is 0.375. The quantitative estimate of drug-likeness (QED) is 0.593. The van der Waals surface area contributed by atoms with Crippen LogP contribution in [0.5, 0.6) is 0 Å². The van der Waals surface area contributed by atoms with Gasteiger partial charge in [-0.15, -0.1) is 0 Å². The molecule has 0 unspecified atom stereocenters. The standard InChI is InChI=1S/C20H25N9/c1-13-9-18(27-26-13)24-19-12-29-17(5-7-22-29)20(25-19)23-14-10-15-3-4-16(11-14)28(15)8-2-6-21/h5,7,9,12,14-16H,2-4,8,10-11H2,1H3,(H,23,25)(H2,24,26,27)/t14-,15-,16+. The number of nitriles is 1. The maximum atomic E-state index is 8.93. The molecular weight excluding hydrogens is 366 g/mol. The molecule has 2 saturated heterocycles. The second-order valence-electron chi connectivity index (χ2n) is 8.04. The number of hydrogen-bond acceptors (Lipinski definition) is 7. The number of fused-ring (bicyclic) bond motifs is 3. The van der Waals surface area contributed by atoms with Crippen molar-refractivity contribution in [2.24, 2.45) is 0 Å². The summed E-state index contributed by atoms with van der Waals surface area (Å²) in [6.07, 6.45) is 8.90. The molecule has 0 spiro atoms. The third kappa shape index (κ3) is 3.51. The van der Waals surface area contributed by atoms with Gasteiger partial charge in [0.2, 0.25) is 0 Å². The zero-order valence-corrected chi connectivity index (χ0v) is 16.5. The van der Waals surface area contributed by atoms with Gasteiger partial charge < -0.3 is 10.6 Å². The first-order valence-electron chi connectivity index (χ1n) is 10.2. The van der Waals surface area contributed by atoms with Gasteiger partial charge in [-0.1, -0.05) is 0 Å². The second kappa shape index (κ2) is 7.37. The van der Waals surface area contributed by atoms with Crippen LogP contribution in [0.4, 0.5) is 17.5 Å². The summed E-state index contributed by atoms with van der Waals surface area (Å²) in [6, 6.07) is 7.71. The van der Waals surface area contributed by atoms with Crippen LogP contribution in [-0.4, -0.2) is 54.4 Å². The number of nitrogens with one attached hydrogen (secondary N) is 3. The van der Waals surface area contributed by atoms with Crippen molar-refractivity contribution in [1.82, 2.24) is 29.7 Å². The molecular formula is C20H25N9. The maximum absolute atomic E-state index is 8.93. The molecule has 9 nitrogen and oxygen atoms in total. The van der Waals surface area contributed by atoms with Gasteiger partial charge in [0.1, 0.15) is 5.52 Å². The normalized spacial score (nSPS) is 23.9. The van der Waals surface area contributed by atoms with Crippen molar-refractivity contribution >= 4 is 23.0 Å². The number of anilines is 3. The Kier molecular flexibility index (Phi) is 4.56. The van der Waals surface area contributed by atoms with Gasteiger partial charge in [-0.25, -0.2) is 9.50 Å². The molecule has 0 saturated carbocycles. The van der Waals surface area contributed by atoms with E-state index in [1.54, 1.807) is 6.20 Å². The second-order valence-corrected chi connectivity index (χ2v) is 8.04. The Morgan fingerprint density at radius 1 is 1.28 bits per heavy atom. The number of nitrogens with zero attached hydrogens (tertiary/aromatic N) is 6. The molecule has 5 rings (SSSR count). The number of aryl methyl sites for hydroxylation is 1. The van der Waals surface area contributed by atoms with E-state index in [-0.39, 0.29) is 0 Å². The Hall–Kier alpha value is -3.12. The van der Waals surface area contributed by atoms with E-state index < -0.39 is 0 Å². The lowest BCUT2D eigenvalue weighted by Gasteiger charge is -2.39. The van der Waals surface area contributed by atoms with Crippen molar-refractivity contribution < 1.29 is 0 Å². The summed E-state index contributed by atoms with van der Waals surface area (Å²) in [5, 5.41) is 27.4. The van der Waals surface area contributed by atoms with E-state index in [1.807, 2.05) is 29.8 Å². The predicted molar refractivity (Wildman–Crippen MR) is 110 cm³/mol. The Bertz CT molecular complexity index is 1030. The molecule has 3 atom stereocenters. The molecule has 0 amide bonds. The smallest absolute Gasteiger partial charge is 0.154 e. The fourth-order valence-electron chi connectivity index (χ4n) is 4.84. The van der Waals surface area contributed by atoms with Crippen LogP contribution in [0.3, 0.4) is 0 Å². The van der Waals surface area contributed by atoms with Gasteiger partial charge in [-0.3, -0.25) is 10.00 Å². The summed E-state index contributed by atoms with van der Waals surface area (Å²) in [4.78, 5) is 7.36. The van der Waals surface area contributed by atoms with Crippen molar-refractivity contribution in [3.05, 3.63) is 30.2 Å². The number of aromatic amines is 1. The van der Waals surface area contributed by atoms with Crippen molar-refractivity contribution in [2.75, 3.05) is 17.2 Å². The van der Waals surface area contributed by atoms with Gasteiger partial charge in [-0.2, -0.15) is 15.5 Å². The van der Waals surface area contributed by atoms with Gasteiger partial charge in [0.25, 0.3) is 0 Å². The molecule has 5 heterocycles. The third-order valence-corrected chi connectivity index (χ3v) is 6.06. The largest absolute Gasteiger partial charge is 0.365 e. The van der Waals surface area contributed by atoms with Crippen LogP contribution in [-0.2, 0) is 0 Å². The van der Waals surface area contributed by atoms with E-state index in [4.69, 9.17) is 10.2 Å². The van der Waals surface area contributed by atoms with Crippen LogP contribution >= 0.6 is 0 Å². The summed E-state index contributed by atoms with van der Waals surface area (Å²) in [5.74, 6) is 2.27. The zero-order chi connectivity index (χ0) is 19.8. The van der Waals surface area contributed by atoms with Gasteiger partial charge in [-0.05, 0) is 38.7 Å². The van der Waals surface area contributed by atoms with Crippen LogP contribution < -0.4 is 10.6 Å². The maximum Gasteiger partial charge on any atom is 0.154 e. The summed E-state index contributed by atoms with van der Waals surface area (Å²) in [6.45, 7) is 2.86. The van der Waals surface area contributed by atoms with E-state index in [0.717, 1.165) is 42.2 Å².